The van der Waals surface area contributed by atoms with Crippen LogP contribution in [0, 0.1) is 20.8 Å². The van der Waals surface area contributed by atoms with E-state index in [1.807, 2.05) is 12.4 Å². The van der Waals surface area contributed by atoms with E-state index in [-0.39, 0.29) is 6.04 Å². The Morgan fingerprint density at radius 3 is 2.48 bits per heavy atom. The Morgan fingerprint density at radius 2 is 1.70 bits per heavy atom. The highest BCUT2D eigenvalue weighted by Gasteiger charge is 2.16. The lowest BCUT2D eigenvalue weighted by atomic mass is 9.95. The predicted molar refractivity (Wildman–Crippen MR) is 110 cm³/mol. The smallest absolute Gasteiger partial charge is 0.121 e. The van der Waals surface area contributed by atoms with Gasteiger partial charge in [-0.15, -0.1) is 0 Å². The number of nitrogens with zero attached hydrogens (tertiary/aromatic N) is 2. The second kappa shape index (κ2) is 7.33. The van der Waals surface area contributed by atoms with Gasteiger partial charge in [0.05, 0.1) is 23.6 Å². The number of pyridine rings is 1. The minimum Gasteiger partial charge on any atom is -0.341 e. The molecule has 0 spiro atoms. The third-order valence-electron chi connectivity index (χ3n) is 5.24. The van der Waals surface area contributed by atoms with Gasteiger partial charge in [0, 0.05) is 12.4 Å². The molecule has 2 N–H and O–H groups in total. The summed E-state index contributed by atoms with van der Waals surface area (Å²) in [5.74, 6) is 0.950. The van der Waals surface area contributed by atoms with Crippen molar-refractivity contribution in [2.75, 3.05) is 0 Å². The molecule has 0 saturated carbocycles. The van der Waals surface area contributed by atoms with E-state index in [0.29, 0.717) is 6.54 Å². The molecule has 2 aromatic heterocycles. The number of rotatable bonds is 5. The Bertz CT molecular complexity index is 1070. The number of imidazole rings is 1. The lowest BCUT2D eigenvalue weighted by molar-refractivity contribution is 0.588. The highest BCUT2D eigenvalue weighted by atomic mass is 15.0. The minimum absolute atomic E-state index is 0.0882. The Kier molecular flexibility index (Phi) is 4.73. The van der Waals surface area contributed by atoms with Crippen molar-refractivity contribution in [3.8, 4) is 0 Å². The standard InChI is InChI=1S/C23H24N4/c1-15-8-9-20-22(17(15)3)27-21(26-20)14-25-23(18-10-12-24-13-11-18)19-7-5-4-6-16(19)2/h4-13,23,25H,14H2,1-3H3,(H,26,27)/t23-/m0/s1. The van der Waals surface area contributed by atoms with Gasteiger partial charge in [-0.05, 0) is 66.8 Å². The zero-order valence-electron chi connectivity index (χ0n) is 16.0. The van der Waals surface area contributed by atoms with E-state index in [1.165, 1.54) is 27.8 Å². The quantitative estimate of drug-likeness (QED) is 0.542. The van der Waals surface area contributed by atoms with Crippen molar-refractivity contribution in [1.29, 1.82) is 0 Å². The molecule has 0 unspecified atom stereocenters. The van der Waals surface area contributed by atoms with Gasteiger partial charge in [0.25, 0.3) is 0 Å². The van der Waals surface area contributed by atoms with Crippen molar-refractivity contribution in [2.24, 2.45) is 0 Å². The molecule has 0 bridgehead atoms. The summed E-state index contributed by atoms with van der Waals surface area (Å²) in [6, 6.07) is 17.0. The van der Waals surface area contributed by atoms with Crippen molar-refractivity contribution in [2.45, 2.75) is 33.4 Å². The fraction of sp³-hybridized carbons (Fsp3) is 0.217. The Hall–Kier alpha value is -2.98. The monoisotopic (exact) mass is 356 g/mol. The zero-order valence-corrected chi connectivity index (χ0v) is 16.0. The van der Waals surface area contributed by atoms with Gasteiger partial charge >= 0.3 is 0 Å². The van der Waals surface area contributed by atoms with Crippen molar-refractivity contribution in [3.05, 3.63) is 94.6 Å². The number of aromatic nitrogens is 3. The summed E-state index contributed by atoms with van der Waals surface area (Å²) in [7, 11) is 0. The first kappa shape index (κ1) is 17.4. The largest absolute Gasteiger partial charge is 0.341 e. The lowest BCUT2D eigenvalue weighted by Gasteiger charge is -2.21. The van der Waals surface area contributed by atoms with Crippen LogP contribution >= 0.6 is 0 Å². The van der Waals surface area contributed by atoms with Crippen molar-refractivity contribution in [3.63, 3.8) is 0 Å². The molecule has 0 aliphatic heterocycles. The first-order valence-corrected chi connectivity index (χ1v) is 9.27. The van der Waals surface area contributed by atoms with E-state index >= 15 is 0 Å². The molecule has 136 valence electrons. The maximum Gasteiger partial charge on any atom is 0.121 e. The number of aromatic amines is 1. The number of aryl methyl sites for hydroxylation is 3. The fourth-order valence-corrected chi connectivity index (χ4v) is 3.52. The van der Waals surface area contributed by atoms with Crippen molar-refractivity contribution >= 4 is 11.0 Å². The molecule has 0 saturated heterocycles. The van der Waals surface area contributed by atoms with Gasteiger partial charge in [-0.1, -0.05) is 30.3 Å². The van der Waals surface area contributed by atoms with E-state index < -0.39 is 0 Å². The Morgan fingerprint density at radius 1 is 0.926 bits per heavy atom. The Labute approximate surface area is 159 Å². The number of hydrogen-bond donors (Lipinski definition) is 2. The van der Waals surface area contributed by atoms with Crippen LogP contribution in [0.3, 0.4) is 0 Å². The van der Waals surface area contributed by atoms with Crippen LogP contribution in [-0.4, -0.2) is 15.0 Å². The second-order valence-corrected chi connectivity index (χ2v) is 7.04. The van der Waals surface area contributed by atoms with E-state index in [0.717, 1.165) is 16.9 Å². The minimum atomic E-state index is 0.0882. The van der Waals surface area contributed by atoms with Crippen molar-refractivity contribution in [1.82, 2.24) is 20.3 Å². The van der Waals surface area contributed by atoms with Crippen LogP contribution < -0.4 is 5.32 Å². The van der Waals surface area contributed by atoms with E-state index in [4.69, 9.17) is 4.98 Å². The van der Waals surface area contributed by atoms with Gasteiger partial charge in [-0.25, -0.2) is 4.98 Å². The molecule has 4 nitrogen and oxygen atoms in total. The molecule has 4 heteroatoms. The SMILES string of the molecule is Cc1ccccc1[C@@H](NCc1nc2c(C)c(C)ccc2[nH]1)c1ccncc1. The third kappa shape index (κ3) is 3.49. The third-order valence-corrected chi connectivity index (χ3v) is 5.24. The maximum absolute atomic E-state index is 4.82. The molecular weight excluding hydrogens is 332 g/mol. The van der Waals surface area contributed by atoms with Crippen LogP contribution in [0.4, 0.5) is 0 Å². The van der Waals surface area contributed by atoms with Gasteiger partial charge in [-0.3, -0.25) is 10.3 Å². The van der Waals surface area contributed by atoms with Gasteiger partial charge in [0.1, 0.15) is 5.82 Å². The Balaban J connectivity index is 1.65. The molecule has 0 amide bonds. The number of benzene rings is 2. The first-order valence-electron chi connectivity index (χ1n) is 9.27. The van der Waals surface area contributed by atoms with Gasteiger partial charge < -0.3 is 4.98 Å². The van der Waals surface area contributed by atoms with Crippen LogP contribution in [0.1, 0.15) is 39.7 Å². The molecule has 4 aromatic rings. The number of H-pyrrole nitrogens is 1. The second-order valence-electron chi connectivity index (χ2n) is 7.04. The summed E-state index contributed by atoms with van der Waals surface area (Å²) < 4.78 is 0. The molecule has 0 radical (unpaired) electrons. The maximum atomic E-state index is 4.82. The predicted octanol–water partition coefficient (Wildman–Crippen LogP) is 4.76. The summed E-state index contributed by atoms with van der Waals surface area (Å²) in [6.45, 7) is 7.06. The first-order chi connectivity index (χ1) is 13.1. The molecule has 4 rings (SSSR count). The number of nitrogens with one attached hydrogen (secondary N) is 2. The average molecular weight is 356 g/mol. The molecular formula is C23H24N4. The molecule has 0 fully saturated rings. The van der Waals surface area contributed by atoms with Crippen LogP contribution in [-0.2, 0) is 6.54 Å². The normalized spacial score (nSPS) is 12.4. The summed E-state index contributed by atoms with van der Waals surface area (Å²) >= 11 is 0. The van der Waals surface area contributed by atoms with Crippen LogP contribution in [0.25, 0.3) is 11.0 Å². The van der Waals surface area contributed by atoms with Gasteiger partial charge in [-0.2, -0.15) is 0 Å². The molecule has 0 aliphatic carbocycles. The fourth-order valence-electron chi connectivity index (χ4n) is 3.52. The lowest BCUT2D eigenvalue weighted by Crippen LogP contribution is -2.23. The van der Waals surface area contributed by atoms with Crippen LogP contribution in [0.2, 0.25) is 0 Å². The molecule has 2 aromatic carbocycles. The van der Waals surface area contributed by atoms with Gasteiger partial charge in [0.15, 0.2) is 0 Å². The van der Waals surface area contributed by atoms with Crippen LogP contribution in [0.15, 0.2) is 60.9 Å². The topological polar surface area (TPSA) is 53.6 Å². The highest BCUT2D eigenvalue weighted by molar-refractivity contribution is 5.79. The van der Waals surface area contributed by atoms with Crippen molar-refractivity contribution < 1.29 is 0 Å². The molecule has 27 heavy (non-hydrogen) atoms. The molecule has 2 heterocycles. The number of hydrogen-bond acceptors (Lipinski definition) is 3. The summed E-state index contributed by atoms with van der Waals surface area (Å²) in [4.78, 5) is 12.4. The average Bonchev–Trinajstić information content (AvgIpc) is 3.11. The highest BCUT2D eigenvalue weighted by Crippen LogP contribution is 2.25. The van der Waals surface area contributed by atoms with E-state index in [1.54, 1.807) is 0 Å². The number of fused-ring (bicyclic) bond motifs is 1. The molecule has 1 atom stereocenters. The summed E-state index contributed by atoms with van der Waals surface area (Å²) in [5, 5.41) is 3.68. The summed E-state index contributed by atoms with van der Waals surface area (Å²) in [5.41, 5.74) is 8.38. The van der Waals surface area contributed by atoms with Crippen LogP contribution in [0.5, 0.6) is 0 Å². The van der Waals surface area contributed by atoms with Gasteiger partial charge in [0.2, 0.25) is 0 Å². The zero-order chi connectivity index (χ0) is 18.8. The molecule has 0 aliphatic rings. The summed E-state index contributed by atoms with van der Waals surface area (Å²) in [6.07, 6.45) is 3.69. The van der Waals surface area contributed by atoms with E-state index in [2.05, 4.69) is 84.6 Å². The van der Waals surface area contributed by atoms with E-state index in [9.17, 15) is 0 Å².